The molecule has 1 aromatic rings. The lowest BCUT2D eigenvalue weighted by molar-refractivity contribution is -0.145. The van der Waals surface area contributed by atoms with Gasteiger partial charge in [0.25, 0.3) is 0 Å². The van der Waals surface area contributed by atoms with E-state index in [1.54, 1.807) is 20.8 Å². The van der Waals surface area contributed by atoms with Gasteiger partial charge in [-0.1, -0.05) is 12.1 Å². The number of morpholine rings is 1. The molecule has 1 N–H and O–H groups in total. The highest BCUT2D eigenvalue weighted by molar-refractivity contribution is 7.55. The molecule has 13 heteroatoms. The van der Waals surface area contributed by atoms with Gasteiger partial charge in [-0.3, -0.25) is 19.1 Å². The van der Waals surface area contributed by atoms with Crippen LogP contribution in [0, 0.1) is 0 Å². The highest BCUT2D eigenvalue weighted by Gasteiger charge is 2.44. The molecule has 0 bridgehead atoms. The fraction of sp³-hybridized carbons (Fsp3) is 0.652. The number of alkyl halides is 3. The third kappa shape index (κ3) is 9.15. The van der Waals surface area contributed by atoms with Crippen LogP contribution in [-0.2, 0) is 38.9 Å². The molecule has 1 saturated heterocycles. The van der Waals surface area contributed by atoms with E-state index in [0.29, 0.717) is 38.4 Å². The molecule has 0 radical (unpaired) electrons. The van der Waals surface area contributed by atoms with E-state index in [2.05, 4.69) is 10.2 Å². The number of halogens is 3. The van der Waals surface area contributed by atoms with Crippen molar-refractivity contribution in [3.05, 3.63) is 35.4 Å². The minimum Gasteiger partial charge on any atom is -0.464 e. The van der Waals surface area contributed by atoms with E-state index in [0.717, 1.165) is 12.1 Å². The van der Waals surface area contributed by atoms with Crippen molar-refractivity contribution in [1.82, 2.24) is 10.2 Å². The van der Waals surface area contributed by atoms with Crippen LogP contribution >= 0.6 is 7.60 Å². The maximum absolute atomic E-state index is 13.4. The summed E-state index contributed by atoms with van der Waals surface area (Å²) in [6, 6.07) is 3.69. The summed E-state index contributed by atoms with van der Waals surface area (Å²) in [6.07, 6.45) is -5.02. The van der Waals surface area contributed by atoms with Crippen molar-refractivity contribution in [3.63, 3.8) is 0 Å². The predicted molar refractivity (Wildman–Crippen MR) is 125 cm³/mol. The molecule has 0 spiro atoms. The van der Waals surface area contributed by atoms with Gasteiger partial charge in [0, 0.05) is 19.6 Å². The SMILES string of the molecule is CCOP(=O)(OCC)C(CC(=O)N[C@@H](C)c1ccc(C(F)(F)F)cc1)C(=O)OCCN1CCOCC1. The largest absolute Gasteiger partial charge is 0.464 e. The van der Waals surface area contributed by atoms with Crippen LogP contribution in [0.2, 0.25) is 0 Å². The lowest BCUT2D eigenvalue weighted by atomic mass is 10.1. The van der Waals surface area contributed by atoms with Gasteiger partial charge in [0.2, 0.25) is 5.91 Å². The summed E-state index contributed by atoms with van der Waals surface area (Å²) in [7, 11) is -4.05. The van der Waals surface area contributed by atoms with Crippen molar-refractivity contribution in [2.45, 2.75) is 45.1 Å². The molecule has 204 valence electrons. The van der Waals surface area contributed by atoms with Crippen molar-refractivity contribution in [1.29, 1.82) is 0 Å². The molecule has 2 atom stereocenters. The van der Waals surface area contributed by atoms with Gasteiger partial charge in [-0.15, -0.1) is 0 Å². The molecular weight excluding hydrogens is 504 g/mol. The zero-order valence-corrected chi connectivity index (χ0v) is 21.6. The Labute approximate surface area is 209 Å². The quantitative estimate of drug-likeness (QED) is 0.299. The topological polar surface area (TPSA) is 103 Å². The number of carbonyl (C=O) groups excluding carboxylic acids is 2. The van der Waals surface area contributed by atoms with Crippen LogP contribution in [-0.4, -0.2) is 75.1 Å². The monoisotopic (exact) mass is 538 g/mol. The fourth-order valence-corrected chi connectivity index (χ4v) is 5.49. The first kappa shape index (κ1) is 30.2. The standard InChI is InChI=1S/C23H34F3N2O7P/c1-4-34-36(31,35-5-2)20(22(30)33-15-12-28-10-13-32-14-11-28)16-21(29)27-17(3)18-6-8-19(9-7-18)23(24,25)26/h6-9,17,20H,4-5,10-16H2,1-3H3,(H,27,29)/t17-,20?/m0/s1. The molecule has 0 aliphatic carbocycles. The Bertz CT molecular complexity index is 883. The van der Waals surface area contributed by atoms with E-state index in [-0.39, 0.29) is 19.8 Å². The Kier molecular flexibility index (Phi) is 11.8. The molecule has 1 aliphatic rings. The maximum Gasteiger partial charge on any atom is 0.416 e. The summed E-state index contributed by atoms with van der Waals surface area (Å²) in [5.74, 6) is -1.54. The Balaban J connectivity index is 2.07. The predicted octanol–water partition coefficient (Wildman–Crippen LogP) is 3.78. The third-order valence-corrected chi connectivity index (χ3v) is 7.91. The number of nitrogens with one attached hydrogen (secondary N) is 1. The Morgan fingerprint density at radius 3 is 2.22 bits per heavy atom. The van der Waals surface area contributed by atoms with Crippen molar-refractivity contribution >= 4 is 19.5 Å². The highest BCUT2D eigenvalue weighted by Crippen LogP contribution is 2.54. The molecule has 2 rings (SSSR count). The number of nitrogens with zero attached hydrogens (tertiary/aromatic N) is 1. The van der Waals surface area contributed by atoms with Crippen LogP contribution in [0.4, 0.5) is 13.2 Å². The number of rotatable bonds is 13. The molecule has 1 fully saturated rings. The molecular formula is C23H34F3N2O7P. The average Bonchev–Trinajstić information content (AvgIpc) is 2.83. The van der Waals surface area contributed by atoms with Crippen LogP contribution in [0.25, 0.3) is 0 Å². The van der Waals surface area contributed by atoms with Gasteiger partial charge in [-0.25, -0.2) is 0 Å². The van der Waals surface area contributed by atoms with E-state index in [9.17, 15) is 27.3 Å². The van der Waals surface area contributed by atoms with E-state index < -0.39 is 49.3 Å². The number of benzene rings is 1. The normalized spacial score (nSPS) is 16.8. The first-order chi connectivity index (χ1) is 17.0. The summed E-state index contributed by atoms with van der Waals surface area (Å²) in [4.78, 5) is 27.8. The van der Waals surface area contributed by atoms with Crippen molar-refractivity contribution in [2.24, 2.45) is 0 Å². The number of ether oxygens (including phenoxy) is 2. The first-order valence-corrected chi connectivity index (χ1v) is 13.4. The number of hydrogen-bond donors (Lipinski definition) is 1. The second kappa shape index (κ2) is 14.1. The van der Waals surface area contributed by atoms with Crippen LogP contribution in [0.1, 0.15) is 44.4 Å². The summed E-state index contributed by atoms with van der Waals surface area (Å²) in [5, 5.41) is 2.62. The fourth-order valence-electron chi connectivity index (χ4n) is 3.62. The lowest BCUT2D eigenvalue weighted by Crippen LogP contribution is -2.39. The average molecular weight is 539 g/mol. The van der Waals surface area contributed by atoms with Crippen LogP contribution in [0.15, 0.2) is 24.3 Å². The summed E-state index contributed by atoms with van der Waals surface area (Å²) in [5.41, 5.74) is -1.88. The van der Waals surface area contributed by atoms with Gasteiger partial charge < -0.3 is 23.8 Å². The molecule has 36 heavy (non-hydrogen) atoms. The van der Waals surface area contributed by atoms with E-state index in [1.807, 2.05) is 0 Å². The summed E-state index contributed by atoms with van der Waals surface area (Å²) < 4.78 is 73.0. The number of amides is 1. The van der Waals surface area contributed by atoms with Gasteiger partial charge >= 0.3 is 19.7 Å². The van der Waals surface area contributed by atoms with Gasteiger partial charge in [-0.05, 0) is 38.5 Å². The van der Waals surface area contributed by atoms with Crippen LogP contribution in [0.3, 0.4) is 0 Å². The molecule has 1 aliphatic heterocycles. The Hall–Kier alpha value is -1.98. The minimum absolute atomic E-state index is 0.0155. The van der Waals surface area contributed by atoms with E-state index in [1.165, 1.54) is 12.1 Å². The van der Waals surface area contributed by atoms with Crippen LogP contribution < -0.4 is 5.32 Å². The Morgan fingerprint density at radius 1 is 1.11 bits per heavy atom. The second-order valence-corrected chi connectivity index (χ2v) is 10.3. The third-order valence-electron chi connectivity index (χ3n) is 5.52. The molecule has 1 heterocycles. The van der Waals surface area contributed by atoms with Gasteiger partial charge in [-0.2, -0.15) is 13.2 Å². The Morgan fingerprint density at radius 2 is 1.69 bits per heavy atom. The lowest BCUT2D eigenvalue weighted by Gasteiger charge is -2.27. The summed E-state index contributed by atoms with van der Waals surface area (Å²) in [6.45, 7) is 7.75. The van der Waals surface area contributed by atoms with Gasteiger partial charge in [0.05, 0.1) is 44.5 Å². The van der Waals surface area contributed by atoms with Crippen molar-refractivity contribution in [2.75, 3.05) is 52.7 Å². The smallest absolute Gasteiger partial charge is 0.416 e. The first-order valence-electron chi connectivity index (χ1n) is 11.8. The molecule has 1 amide bonds. The number of esters is 1. The highest BCUT2D eigenvalue weighted by atomic mass is 31.2. The van der Waals surface area contributed by atoms with E-state index >= 15 is 0 Å². The maximum atomic E-state index is 13.4. The zero-order valence-electron chi connectivity index (χ0n) is 20.7. The minimum atomic E-state index is -4.47. The molecule has 1 unspecified atom stereocenters. The second-order valence-electron chi connectivity index (χ2n) is 8.13. The van der Waals surface area contributed by atoms with Crippen LogP contribution in [0.5, 0.6) is 0 Å². The van der Waals surface area contributed by atoms with E-state index in [4.69, 9.17) is 18.5 Å². The number of hydrogen-bond acceptors (Lipinski definition) is 8. The van der Waals surface area contributed by atoms with Crippen molar-refractivity contribution < 1.29 is 45.8 Å². The summed E-state index contributed by atoms with van der Waals surface area (Å²) >= 11 is 0. The zero-order chi connectivity index (χ0) is 26.8. The molecule has 0 saturated carbocycles. The molecule has 1 aromatic carbocycles. The number of carbonyl (C=O) groups is 2. The molecule has 0 aromatic heterocycles. The van der Waals surface area contributed by atoms with Gasteiger partial charge in [0.1, 0.15) is 6.61 Å². The molecule has 9 nitrogen and oxygen atoms in total. The van der Waals surface area contributed by atoms with Gasteiger partial charge in [0.15, 0.2) is 5.66 Å². The van der Waals surface area contributed by atoms with Crippen molar-refractivity contribution in [3.8, 4) is 0 Å².